The molecule has 0 radical (unpaired) electrons. The summed E-state index contributed by atoms with van der Waals surface area (Å²) in [5.41, 5.74) is 0. The minimum Gasteiger partial charge on any atom is -0.340 e. The number of carbonyl (C=O) groups excluding carboxylic acids is 1. The van der Waals surface area contributed by atoms with Gasteiger partial charge in [0.2, 0.25) is 5.91 Å². The van der Waals surface area contributed by atoms with E-state index in [2.05, 4.69) is 12.2 Å². The lowest BCUT2D eigenvalue weighted by atomic mass is 10.2. The van der Waals surface area contributed by atoms with Crippen molar-refractivity contribution < 1.29 is 13.2 Å². The van der Waals surface area contributed by atoms with Crippen LogP contribution in [0.5, 0.6) is 0 Å². The molecular formula is C16H27N3O3S2. The minimum absolute atomic E-state index is 0.0402. The van der Waals surface area contributed by atoms with Crippen molar-refractivity contribution in [2.45, 2.75) is 36.8 Å². The van der Waals surface area contributed by atoms with Gasteiger partial charge in [0.15, 0.2) is 0 Å². The Morgan fingerprint density at radius 2 is 2.04 bits per heavy atom. The number of rotatable bonds is 9. The molecule has 0 spiro atoms. The topological polar surface area (TPSA) is 69.7 Å². The number of hydrogen-bond donors (Lipinski definition) is 1. The van der Waals surface area contributed by atoms with Crippen molar-refractivity contribution in [1.29, 1.82) is 0 Å². The quantitative estimate of drug-likeness (QED) is 0.670. The normalized spacial score (nSPS) is 15.8. The molecule has 2 heterocycles. The van der Waals surface area contributed by atoms with E-state index >= 15 is 0 Å². The van der Waals surface area contributed by atoms with Crippen LogP contribution in [-0.2, 0) is 14.8 Å². The molecular weight excluding hydrogens is 346 g/mol. The van der Waals surface area contributed by atoms with Gasteiger partial charge in [-0.1, -0.05) is 25.8 Å². The van der Waals surface area contributed by atoms with E-state index in [9.17, 15) is 13.2 Å². The van der Waals surface area contributed by atoms with Gasteiger partial charge in [0.1, 0.15) is 4.21 Å². The average molecular weight is 374 g/mol. The first-order chi connectivity index (χ1) is 11.6. The summed E-state index contributed by atoms with van der Waals surface area (Å²) in [6.45, 7) is 5.83. The average Bonchev–Trinajstić information content (AvgIpc) is 3.13. The summed E-state index contributed by atoms with van der Waals surface area (Å²) >= 11 is 1.23. The van der Waals surface area contributed by atoms with E-state index in [0.717, 1.165) is 32.4 Å². The van der Waals surface area contributed by atoms with Gasteiger partial charge < -0.3 is 10.2 Å². The molecule has 1 saturated heterocycles. The maximum absolute atomic E-state index is 12.8. The first-order valence-corrected chi connectivity index (χ1v) is 10.9. The summed E-state index contributed by atoms with van der Waals surface area (Å²) in [6.07, 6.45) is 3.09. The van der Waals surface area contributed by atoms with Gasteiger partial charge in [-0.2, -0.15) is 4.31 Å². The smallest absolute Gasteiger partial charge is 0.252 e. The third-order valence-corrected chi connectivity index (χ3v) is 7.42. The van der Waals surface area contributed by atoms with Crippen molar-refractivity contribution >= 4 is 27.3 Å². The molecule has 1 fully saturated rings. The van der Waals surface area contributed by atoms with E-state index in [1.54, 1.807) is 17.5 Å². The molecule has 1 aliphatic rings. The summed E-state index contributed by atoms with van der Waals surface area (Å²) < 4.78 is 27.4. The van der Waals surface area contributed by atoms with E-state index in [0.29, 0.717) is 23.8 Å². The third-order valence-electron chi connectivity index (χ3n) is 4.15. The first kappa shape index (κ1) is 19.4. The number of sulfonamides is 1. The van der Waals surface area contributed by atoms with Crippen LogP contribution in [0.2, 0.25) is 0 Å². The van der Waals surface area contributed by atoms with Gasteiger partial charge in [0.25, 0.3) is 10.0 Å². The Hall–Kier alpha value is -0.960. The summed E-state index contributed by atoms with van der Waals surface area (Å²) in [7, 11) is -3.50. The monoisotopic (exact) mass is 373 g/mol. The number of piperazine rings is 1. The standard InChI is InChI=1S/C16H27N3O3S2/c1-2-3-4-10-19(24(21,22)16-6-5-14-23-16)11-7-15(20)18-12-8-17-9-13-18/h5-6,14,17H,2-4,7-13H2,1H3. The first-order valence-electron chi connectivity index (χ1n) is 8.58. The Balaban J connectivity index is 1.99. The van der Waals surface area contributed by atoms with E-state index in [4.69, 9.17) is 0 Å². The van der Waals surface area contributed by atoms with E-state index < -0.39 is 10.0 Å². The lowest BCUT2D eigenvalue weighted by molar-refractivity contribution is -0.131. The van der Waals surface area contributed by atoms with Crippen molar-refractivity contribution in [1.82, 2.24) is 14.5 Å². The van der Waals surface area contributed by atoms with Crippen LogP contribution in [0.25, 0.3) is 0 Å². The molecule has 1 N–H and O–H groups in total. The molecule has 0 saturated carbocycles. The van der Waals surface area contributed by atoms with Gasteiger partial charge >= 0.3 is 0 Å². The van der Waals surface area contributed by atoms with Crippen molar-refractivity contribution in [2.75, 3.05) is 39.3 Å². The third kappa shape index (κ3) is 5.27. The highest BCUT2D eigenvalue weighted by atomic mass is 32.2. The van der Waals surface area contributed by atoms with Crippen LogP contribution in [0.4, 0.5) is 0 Å². The lowest BCUT2D eigenvalue weighted by Crippen LogP contribution is -2.47. The largest absolute Gasteiger partial charge is 0.340 e. The fourth-order valence-electron chi connectivity index (χ4n) is 2.72. The number of hydrogen-bond acceptors (Lipinski definition) is 5. The molecule has 0 atom stereocenters. The Bertz CT molecular complexity index is 596. The van der Waals surface area contributed by atoms with Crippen molar-refractivity contribution in [2.24, 2.45) is 0 Å². The zero-order valence-electron chi connectivity index (χ0n) is 14.2. The Morgan fingerprint density at radius 3 is 2.67 bits per heavy atom. The predicted molar refractivity (Wildman–Crippen MR) is 96.7 cm³/mol. The Morgan fingerprint density at radius 1 is 1.29 bits per heavy atom. The second-order valence-corrected chi connectivity index (χ2v) is 9.04. The highest BCUT2D eigenvalue weighted by molar-refractivity contribution is 7.91. The number of nitrogens with one attached hydrogen (secondary N) is 1. The number of thiophene rings is 1. The van der Waals surface area contributed by atoms with E-state index in [-0.39, 0.29) is 18.9 Å². The molecule has 1 aromatic rings. The molecule has 6 nitrogen and oxygen atoms in total. The van der Waals surface area contributed by atoms with Crippen LogP contribution in [0.3, 0.4) is 0 Å². The zero-order valence-corrected chi connectivity index (χ0v) is 15.9. The predicted octanol–water partition coefficient (Wildman–Crippen LogP) is 1.75. The number of carbonyl (C=O) groups is 1. The highest BCUT2D eigenvalue weighted by Crippen LogP contribution is 2.22. The van der Waals surface area contributed by atoms with E-state index in [1.165, 1.54) is 15.6 Å². The number of unbranched alkanes of at least 4 members (excludes halogenated alkanes) is 2. The maximum Gasteiger partial charge on any atom is 0.252 e. The summed E-state index contributed by atoms with van der Waals surface area (Å²) in [6, 6.07) is 3.37. The maximum atomic E-state index is 12.8. The summed E-state index contributed by atoms with van der Waals surface area (Å²) in [5, 5.41) is 4.98. The molecule has 0 aliphatic carbocycles. The molecule has 1 amide bonds. The summed E-state index contributed by atoms with van der Waals surface area (Å²) in [5.74, 6) is 0.0402. The molecule has 1 aliphatic heterocycles. The molecule has 24 heavy (non-hydrogen) atoms. The Kier molecular flexibility index (Phi) is 7.67. The minimum atomic E-state index is -3.50. The fraction of sp³-hybridized carbons (Fsp3) is 0.688. The van der Waals surface area contributed by atoms with Gasteiger partial charge in [-0.05, 0) is 17.9 Å². The van der Waals surface area contributed by atoms with Gasteiger partial charge in [0.05, 0.1) is 0 Å². The van der Waals surface area contributed by atoms with Crippen molar-refractivity contribution in [3.05, 3.63) is 17.5 Å². The molecule has 2 rings (SSSR count). The molecule has 8 heteroatoms. The number of nitrogens with zero attached hydrogens (tertiary/aromatic N) is 2. The molecule has 0 bridgehead atoms. The SMILES string of the molecule is CCCCCN(CCC(=O)N1CCNCC1)S(=O)(=O)c1cccs1. The lowest BCUT2D eigenvalue weighted by Gasteiger charge is -2.28. The van der Waals surface area contributed by atoms with Gasteiger partial charge in [-0.25, -0.2) is 8.42 Å². The van der Waals surface area contributed by atoms with Crippen molar-refractivity contribution in [3.63, 3.8) is 0 Å². The fourth-order valence-corrected chi connectivity index (χ4v) is 5.34. The highest BCUT2D eigenvalue weighted by Gasteiger charge is 2.26. The molecule has 0 unspecified atom stereocenters. The van der Waals surface area contributed by atoms with Crippen LogP contribution >= 0.6 is 11.3 Å². The molecule has 136 valence electrons. The summed E-state index contributed by atoms with van der Waals surface area (Å²) in [4.78, 5) is 14.1. The zero-order chi connectivity index (χ0) is 17.4. The van der Waals surface area contributed by atoms with Crippen LogP contribution in [0.1, 0.15) is 32.6 Å². The van der Waals surface area contributed by atoms with Crippen LogP contribution in [0.15, 0.2) is 21.7 Å². The van der Waals surface area contributed by atoms with Gasteiger partial charge in [-0.3, -0.25) is 4.79 Å². The van der Waals surface area contributed by atoms with Crippen LogP contribution in [0, 0.1) is 0 Å². The van der Waals surface area contributed by atoms with Gasteiger partial charge in [-0.15, -0.1) is 11.3 Å². The van der Waals surface area contributed by atoms with Gasteiger partial charge in [0, 0.05) is 45.7 Å². The molecule has 1 aromatic heterocycles. The second kappa shape index (κ2) is 9.50. The van der Waals surface area contributed by atoms with Crippen LogP contribution in [-0.4, -0.2) is 62.8 Å². The molecule has 0 aromatic carbocycles. The Labute approximate surface area is 148 Å². The van der Waals surface area contributed by atoms with Crippen LogP contribution < -0.4 is 5.32 Å². The van der Waals surface area contributed by atoms with Crippen molar-refractivity contribution in [3.8, 4) is 0 Å². The number of amides is 1. The second-order valence-electron chi connectivity index (χ2n) is 5.92. The van der Waals surface area contributed by atoms with E-state index in [1.807, 2.05) is 4.90 Å².